The highest BCUT2D eigenvalue weighted by Crippen LogP contribution is 2.21. The van der Waals surface area contributed by atoms with Gasteiger partial charge in [0.05, 0.1) is 5.69 Å². The molecular formula is C34H42N8O3. The van der Waals surface area contributed by atoms with Crippen LogP contribution in [0.25, 0.3) is 11.4 Å². The van der Waals surface area contributed by atoms with E-state index in [2.05, 4.69) is 47.6 Å². The van der Waals surface area contributed by atoms with Crippen molar-refractivity contribution in [2.45, 2.75) is 58.4 Å². The molecule has 45 heavy (non-hydrogen) atoms. The molecule has 0 unspecified atom stereocenters. The lowest BCUT2D eigenvalue weighted by molar-refractivity contribution is -0.138. The Balaban J connectivity index is 1.19. The van der Waals surface area contributed by atoms with Crippen LogP contribution >= 0.6 is 0 Å². The molecule has 0 aliphatic carbocycles. The molecular weight excluding hydrogens is 568 g/mol. The maximum atomic E-state index is 12.3. The highest BCUT2D eigenvalue weighted by Gasteiger charge is 2.20. The summed E-state index contributed by atoms with van der Waals surface area (Å²) in [4.78, 5) is 36.9. The van der Waals surface area contributed by atoms with E-state index in [1.165, 1.54) is 5.56 Å². The number of carbonyl (C=O) groups is 1. The fourth-order valence-corrected chi connectivity index (χ4v) is 5.41. The number of pyridine rings is 3. The van der Waals surface area contributed by atoms with Gasteiger partial charge in [0, 0.05) is 61.2 Å². The van der Waals surface area contributed by atoms with Crippen molar-refractivity contribution in [2.75, 3.05) is 43.4 Å². The first-order valence-corrected chi connectivity index (χ1v) is 15.7. The number of anilines is 2. The van der Waals surface area contributed by atoms with Crippen LogP contribution < -0.4 is 15.4 Å². The van der Waals surface area contributed by atoms with E-state index < -0.39 is 12.0 Å². The van der Waals surface area contributed by atoms with Crippen molar-refractivity contribution in [2.24, 2.45) is 0 Å². The number of carboxylic acids is 1. The normalized spacial score (nSPS) is 13.1. The number of hydrogen-bond acceptors (Lipinski definition) is 10. The van der Waals surface area contributed by atoms with E-state index in [4.69, 9.17) is 9.72 Å². The largest absolute Gasteiger partial charge is 0.490 e. The van der Waals surface area contributed by atoms with Gasteiger partial charge in [0.25, 0.3) is 0 Å². The van der Waals surface area contributed by atoms with Gasteiger partial charge in [0.2, 0.25) is 0 Å². The smallest absolute Gasteiger partial charge is 0.326 e. The van der Waals surface area contributed by atoms with Gasteiger partial charge in [0.15, 0.2) is 5.82 Å². The minimum atomic E-state index is -0.925. The summed E-state index contributed by atoms with van der Waals surface area (Å²) in [6, 6.07) is 12.7. The van der Waals surface area contributed by atoms with Crippen LogP contribution in [0.5, 0.6) is 5.75 Å². The predicted octanol–water partition coefficient (Wildman–Crippen LogP) is 4.96. The summed E-state index contributed by atoms with van der Waals surface area (Å²) in [7, 11) is 0. The molecule has 4 aromatic rings. The van der Waals surface area contributed by atoms with Gasteiger partial charge in [-0.05, 0) is 94.8 Å². The van der Waals surface area contributed by atoms with Crippen molar-refractivity contribution in [1.29, 1.82) is 0 Å². The molecule has 0 aromatic carbocycles. The van der Waals surface area contributed by atoms with Crippen molar-refractivity contribution < 1.29 is 14.6 Å². The number of nitrogens with zero attached hydrogens (tertiary/aromatic N) is 6. The standard InChI is InChI=1S/C34H42N8O3/c1-24-23-31(41-33(38-24)27-12-17-35-18-13-27)40-29(34(43)44)14-20-42(21-22-45-30-9-6-15-36-25(30)2)19-4-3-8-28-11-10-26-7-5-16-37-32(26)39-28/h6,9-13,15,17-18,23,29H,3-5,7-8,14,16,19-22H2,1-2H3,(H,37,39)(H,43,44)(H,38,40,41)/t29-/m0/s1. The summed E-state index contributed by atoms with van der Waals surface area (Å²) in [5.74, 6) is 1.88. The monoisotopic (exact) mass is 610 g/mol. The van der Waals surface area contributed by atoms with Gasteiger partial charge in [-0.15, -0.1) is 0 Å². The second-order valence-electron chi connectivity index (χ2n) is 11.4. The Morgan fingerprint density at radius 2 is 1.91 bits per heavy atom. The maximum Gasteiger partial charge on any atom is 0.326 e. The van der Waals surface area contributed by atoms with Crippen LogP contribution in [0.4, 0.5) is 11.6 Å². The highest BCUT2D eigenvalue weighted by atomic mass is 16.5. The first kappa shape index (κ1) is 31.8. The van der Waals surface area contributed by atoms with E-state index in [1.807, 2.05) is 38.1 Å². The number of nitrogens with one attached hydrogen (secondary N) is 2. The van der Waals surface area contributed by atoms with E-state index in [-0.39, 0.29) is 0 Å². The molecule has 236 valence electrons. The number of aryl methyl sites for hydroxylation is 4. The van der Waals surface area contributed by atoms with Crippen LogP contribution in [0.3, 0.4) is 0 Å². The van der Waals surface area contributed by atoms with Crippen molar-refractivity contribution in [3.8, 4) is 17.1 Å². The van der Waals surface area contributed by atoms with E-state index in [1.54, 1.807) is 24.7 Å². The molecule has 3 N–H and O–H groups in total. The zero-order chi connectivity index (χ0) is 31.4. The highest BCUT2D eigenvalue weighted by molar-refractivity contribution is 5.77. The Morgan fingerprint density at radius 1 is 1.04 bits per heavy atom. The number of aliphatic carboxylic acids is 1. The number of fused-ring (bicyclic) bond motifs is 1. The average Bonchev–Trinajstić information content (AvgIpc) is 3.05. The minimum Gasteiger partial charge on any atom is -0.490 e. The second-order valence-corrected chi connectivity index (χ2v) is 11.4. The molecule has 0 bridgehead atoms. The third kappa shape index (κ3) is 9.42. The molecule has 5 heterocycles. The lowest BCUT2D eigenvalue weighted by Crippen LogP contribution is -2.37. The Labute approximate surface area is 264 Å². The molecule has 0 spiro atoms. The lowest BCUT2D eigenvalue weighted by atomic mass is 10.1. The van der Waals surface area contributed by atoms with Crippen LogP contribution in [0.15, 0.2) is 61.1 Å². The molecule has 0 fully saturated rings. The summed E-state index contributed by atoms with van der Waals surface area (Å²) in [5.41, 5.74) is 4.81. The molecule has 11 nitrogen and oxygen atoms in total. The van der Waals surface area contributed by atoms with Crippen LogP contribution in [0.2, 0.25) is 0 Å². The average molecular weight is 611 g/mol. The number of carboxylic acid groups (broad SMARTS) is 1. The Kier molecular flexibility index (Phi) is 11.2. The first-order valence-electron chi connectivity index (χ1n) is 15.7. The number of ether oxygens (including phenoxy) is 1. The number of rotatable bonds is 16. The molecule has 4 aromatic heterocycles. The van der Waals surface area contributed by atoms with Gasteiger partial charge in [-0.1, -0.05) is 6.07 Å². The van der Waals surface area contributed by atoms with Gasteiger partial charge >= 0.3 is 5.97 Å². The van der Waals surface area contributed by atoms with E-state index in [9.17, 15) is 9.90 Å². The SMILES string of the molecule is Cc1cc(N[C@@H](CCN(CCCCc2ccc3c(n2)NCCC3)CCOc2cccnc2C)C(=O)O)nc(-c2ccncc2)n1. The van der Waals surface area contributed by atoms with Crippen molar-refractivity contribution in [1.82, 2.24) is 29.8 Å². The quantitative estimate of drug-likeness (QED) is 0.148. The molecule has 1 atom stereocenters. The zero-order valence-electron chi connectivity index (χ0n) is 26.1. The predicted molar refractivity (Wildman–Crippen MR) is 175 cm³/mol. The Hall–Kier alpha value is -4.64. The Morgan fingerprint density at radius 3 is 2.73 bits per heavy atom. The fraction of sp³-hybridized carbons (Fsp3) is 0.412. The molecule has 1 aliphatic heterocycles. The molecule has 0 saturated heterocycles. The van der Waals surface area contributed by atoms with Crippen LogP contribution in [-0.2, 0) is 17.6 Å². The van der Waals surface area contributed by atoms with E-state index >= 15 is 0 Å². The van der Waals surface area contributed by atoms with Gasteiger partial charge in [-0.3, -0.25) is 14.9 Å². The van der Waals surface area contributed by atoms with E-state index in [0.29, 0.717) is 37.8 Å². The van der Waals surface area contributed by atoms with Crippen LogP contribution in [0, 0.1) is 13.8 Å². The number of aromatic nitrogens is 5. The zero-order valence-corrected chi connectivity index (χ0v) is 26.1. The van der Waals surface area contributed by atoms with Gasteiger partial charge in [-0.2, -0.15) is 0 Å². The van der Waals surface area contributed by atoms with E-state index in [0.717, 1.165) is 79.4 Å². The van der Waals surface area contributed by atoms with Crippen molar-refractivity contribution in [3.05, 3.63) is 83.7 Å². The van der Waals surface area contributed by atoms with Crippen molar-refractivity contribution >= 4 is 17.6 Å². The van der Waals surface area contributed by atoms with Crippen molar-refractivity contribution in [3.63, 3.8) is 0 Å². The summed E-state index contributed by atoms with van der Waals surface area (Å²) < 4.78 is 6.04. The van der Waals surface area contributed by atoms with Gasteiger partial charge in [-0.25, -0.2) is 19.7 Å². The van der Waals surface area contributed by atoms with Gasteiger partial charge < -0.3 is 20.5 Å². The summed E-state index contributed by atoms with van der Waals surface area (Å²) >= 11 is 0. The molecule has 0 amide bonds. The third-order valence-corrected chi connectivity index (χ3v) is 7.88. The maximum absolute atomic E-state index is 12.3. The summed E-state index contributed by atoms with van der Waals surface area (Å²) in [5, 5.41) is 16.7. The second kappa shape index (κ2) is 15.9. The molecule has 11 heteroatoms. The van der Waals surface area contributed by atoms with Crippen LogP contribution in [-0.4, -0.2) is 79.7 Å². The molecule has 1 aliphatic rings. The molecule has 5 rings (SSSR count). The summed E-state index contributed by atoms with van der Waals surface area (Å²) in [6.45, 7) is 7.33. The third-order valence-electron chi connectivity index (χ3n) is 7.88. The first-order chi connectivity index (χ1) is 21.9. The molecule has 0 radical (unpaired) electrons. The van der Waals surface area contributed by atoms with Crippen LogP contribution in [0.1, 0.15) is 48.3 Å². The Bertz CT molecular complexity index is 1550. The van der Waals surface area contributed by atoms with Gasteiger partial charge in [0.1, 0.15) is 30.0 Å². The topological polar surface area (TPSA) is 138 Å². The number of unbranched alkanes of at least 4 members (excludes halogenated alkanes) is 1. The molecule has 0 saturated carbocycles. The lowest BCUT2D eigenvalue weighted by Gasteiger charge is -2.25. The minimum absolute atomic E-state index is 0.396. The fourth-order valence-electron chi connectivity index (χ4n) is 5.41. The number of hydrogen-bond donors (Lipinski definition) is 3. The summed E-state index contributed by atoms with van der Waals surface area (Å²) in [6.07, 6.45) is 10.6.